The number of nitrogens with one attached hydrogen (secondary N) is 1. The van der Waals surface area contributed by atoms with E-state index in [2.05, 4.69) is 48.5 Å². The van der Waals surface area contributed by atoms with Crippen LogP contribution in [0, 0.1) is 0 Å². The molecular weight excluding hydrogens is 196 g/mol. The van der Waals surface area contributed by atoms with Gasteiger partial charge in [-0.1, -0.05) is 31.2 Å². The van der Waals surface area contributed by atoms with E-state index in [9.17, 15) is 0 Å². The fourth-order valence-electron chi connectivity index (χ4n) is 1.81. The van der Waals surface area contributed by atoms with Crippen LogP contribution in [0.1, 0.15) is 30.9 Å². The lowest BCUT2D eigenvalue weighted by Crippen LogP contribution is -2.18. The predicted octanol–water partition coefficient (Wildman–Crippen LogP) is 2.39. The Morgan fingerprint density at radius 1 is 1.31 bits per heavy atom. The second-order valence-corrected chi connectivity index (χ2v) is 4.81. The molecule has 2 nitrogen and oxygen atoms in total. The third-order valence-corrected chi connectivity index (χ3v) is 3.16. The second-order valence-electron chi connectivity index (χ2n) is 4.81. The van der Waals surface area contributed by atoms with Crippen LogP contribution in [-0.2, 0) is 13.1 Å². The van der Waals surface area contributed by atoms with Gasteiger partial charge in [0.25, 0.3) is 0 Å². The summed E-state index contributed by atoms with van der Waals surface area (Å²) in [7, 11) is 2.16. The van der Waals surface area contributed by atoms with Gasteiger partial charge in [-0.25, -0.2) is 0 Å². The van der Waals surface area contributed by atoms with Crippen LogP contribution in [0.2, 0.25) is 0 Å². The minimum absolute atomic E-state index is 0.793. The summed E-state index contributed by atoms with van der Waals surface area (Å²) in [5.74, 6) is 0. The molecule has 0 bridgehead atoms. The molecule has 1 fully saturated rings. The van der Waals surface area contributed by atoms with Crippen LogP contribution in [0.25, 0.3) is 0 Å². The van der Waals surface area contributed by atoms with Crippen molar-refractivity contribution < 1.29 is 0 Å². The molecule has 0 heterocycles. The van der Waals surface area contributed by atoms with Crippen molar-refractivity contribution in [3.05, 3.63) is 35.4 Å². The number of rotatable bonds is 6. The highest BCUT2D eigenvalue weighted by Crippen LogP contribution is 2.19. The molecule has 0 radical (unpaired) electrons. The van der Waals surface area contributed by atoms with Crippen molar-refractivity contribution in [1.29, 1.82) is 0 Å². The second kappa shape index (κ2) is 5.46. The summed E-state index contributed by atoms with van der Waals surface area (Å²) >= 11 is 0. The molecule has 0 amide bonds. The van der Waals surface area contributed by atoms with E-state index in [1.165, 1.54) is 24.0 Å². The molecule has 2 heteroatoms. The minimum atomic E-state index is 0.793. The lowest BCUT2D eigenvalue weighted by molar-refractivity contribution is 0.345. The first-order valence-corrected chi connectivity index (χ1v) is 6.27. The number of hydrogen-bond acceptors (Lipinski definition) is 2. The summed E-state index contributed by atoms with van der Waals surface area (Å²) in [6.45, 7) is 5.37. The van der Waals surface area contributed by atoms with E-state index in [4.69, 9.17) is 0 Å². The molecule has 0 unspecified atom stereocenters. The molecule has 88 valence electrons. The van der Waals surface area contributed by atoms with Gasteiger partial charge in [-0.2, -0.15) is 0 Å². The first-order valence-electron chi connectivity index (χ1n) is 6.27. The van der Waals surface area contributed by atoms with E-state index in [1.807, 2.05) is 0 Å². The number of nitrogens with zero attached hydrogens (tertiary/aromatic N) is 1. The van der Waals surface area contributed by atoms with Gasteiger partial charge in [-0.05, 0) is 37.6 Å². The SMILES string of the molecule is CCN(C)Cc1cccc(CNC2CC2)c1. The maximum absolute atomic E-state index is 3.55. The van der Waals surface area contributed by atoms with Crippen molar-refractivity contribution in [2.75, 3.05) is 13.6 Å². The van der Waals surface area contributed by atoms with Crippen molar-refractivity contribution in [1.82, 2.24) is 10.2 Å². The van der Waals surface area contributed by atoms with Crippen LogP contribution in [-0.4, -0.2) is 24.5 Å². The van der Waals surface area contributed by atoms with Crippen LogP contribution in [0.5, 0.6) is 0 Å². The first-order chi connectivity index (χ1) is 7.78. The topological polar surface area (TPSA) is 15.3 Å². The van der Waals surface area contributed by atoms with Crippen LogP contribution < -0.4 is 5.32 Å². The Morgan fingerprint density at radius 2 is 2.06 bits per heavy atom. The van der Waals surface area contributed by atoms with Gasteiger partial charge in [0.15, 0.2) is 0 Å². The molecule has 16 heavy (non-hydrogen) atoms. The third-order valence-electron chi connectivity index (χ3n) is 3.16. The Bertz CT molecular complexity index is 331. The number of hydrogen-bond donors (Lipinski definition) is 1. The molecule has 0 aromatic heterocycles. The van der Waals surface area contributed by atoms with Crippen molar-refractivity contribution in [2.24, 2.45) is 0 Å². The molecule has 1 aliphatic carbocycles. The predicted molar refractivity (Wildman–Crippen MR) is 68.3 cm³/mol. The lowest BCUT2D eigenvalue weighted by Gasteiger charge is -2.14. The van der Waals surface area contributed by atoms with E-state index in [1.54, 1.807) is 0 Å². The van der Waals surface area contributed by atoms with E-state index in [0.29, 0.717) is 0 Å². The molecule has 1 N–H and O–H groups in total. The maximum Gasteiger partial charge on any atom is 0.0230 e. The molecule has 1 aromatic rings. The molecule has 1 saturated carbocycles. The molecule has 0 spiro atoms. The van der Waals surface area contributed by atoms with Crippen LogP contribution in [0.15, 0.2) is 24.3 Å². The molecular formula is C14H22N2. The van der Waals surface area contributed by atoms with Crippen LogP contribution in [0.4, 0.5) is 0 Å². The van der Waals surface area contributed by atoms with Gasteiger partial charge in [0.2, 0.25) is 0 Å². The van der Waals surface area contributed by atoms with Gasteiger partial charge in [-0.15, -0.1) is 0 Å². The smallest absolute Gasteiger partial charge is 0.0230 e. The zero-order valence-corrected chi connectivity index (χ0v) is 10.4. The Hall–Kier alpha value is -0.860. The zero-order valence-electron chi connectivity index (χ0n) is 10.4. The molecule has 0 atom stereocenters. The third kappa shape index (κ3) is 3.62. The summed E-state index contributed by atoms with van der Waals surface area (Å²) in [5.41, 5.74) is 2.83. The van der Waals surface area contributed by atoms with Crippen molar-refractivity contribution in [3.63, 3.8) is 0 Å². The molecule has 1 aromatic carbocycles. The summed E-state index contributed by atoms with van der Waals surface area (Å²) in [4.78, 5) is 2.33. The standard InChI is InChI=1S/C14H22N2/c1-3-16(2)11-13-6-4-5-12(9-13)10-15-14-7-8-14/h4-6,9,14-15H,3,7-8,10-11H2,1-2H3. The Labute approximate surface area is 98.7 Å². The highest BCUT2D eigenvalue weighted by atomic mass is 15.1. The molecule has 2 rings (SSSR count). The fraction of sp³-hybridized carbons (Fsp3) is 0.571. The average molecular weight is 218 g/mol. The van der Waals surface area contributed by atoms with Crippen molar-refractivity contribution in [3.8, 4) is 0 Å². The highest BCUT2D eigenvalue weighted by Gasteiger charge is 2.19. The summed E-state index contributed by atoms with van der Waals surface area (Å²) in [6.07, 6.45) is 2.72. The largest absolute Gasteiger partial charge is 0.310 e. The molecule has 0 aliphatic heterocycles. The van der Waals surface area contributed by atoms with Gasteiger partial charge in [0.1, 0.15) is 0 Å². The summed E-state index contributed by atoms with van der Waals surface area (Å²) in [6, 6.07) is 9.71. The van der Waals surface area contributed by atoms with Crippen molar-refractivity contribution >= 4 is 0 Å². The number of benzene rings is 1. The Balaban J connectivity index is 1.89. The van der Waals surface area contributed by atoms with E-state index in [-0.39, 0.29) is 0 Å². The van der Waals surface area contributed by atoms with Gasteiger partial charge in [0, 0.05) is 19.1 Å². The monoisotopic (exact) mass is 218 g/mol. The van der Waals surface area contributed by atoms with Crippen LogP contribution >= 0.6 is 0 Å². The normalized spacial score (nSPS) is 15.7. The van der Waals surface area contributed by atoms with Gasteiger partial charge < -0.3 is 10.2 Å². The van der Waals surface area contributed by atoms with Gasteiger partial charge in [0.05, 0.1) is 0 Å². The Morgan fingerprint density at radius 3 is 2.75 bits per heavy atom. The lowest BCUT2D eigenvalue weighted by atomic mass is 10.1. The highest BCUT2D eigenvalue weighted by molar-refractivity contribution is 5.23. The van der Waals surface area contributed by atoms with Crippen LogP contribution in [0.3, 0.4) is 0 Å². The first kappa shape index (κ1) is 11.6. The molecule has 0 saturated heterocycles. The van der Waals surface area contributed by atoms with Crippen molar-refractivity contribution in [2.45, 2.75) is 38.9 Å². The minimum Gasteiger partial charge on any atom is -0.310 e. The fourth-order valence-corrected chi connectivity index (χ4v) is 1.81. The summed E-state index contributed by atoms with van der Waals surface area (Å²) < 4.78 is 0. The van der Waals surface area contributed by atoms with E-state index < -0.39 is 0 Å². The van der Waals surface area contributed by atoms with E-state index >= 15 is 0 Å². The van der Waals surface area contributed by atoms with Gasteiger partial charge >= 0.3 is 0 Å². The maximum atomic E-state index is 3.55. The quantitative estimate of drug-likeness (QED) is 0.788. The zero-order chi connectivity index (χ0) is 11.4. The summed E-state index contributed by atoms with van der Waals surface area (Å²) in [5, 5.41) is 3.55. The van der Waals surface area contributed by atoms with Gasteiger partial charge in [-0.3, -0.25) is 0 Å². The average Bonchev–Trinajstić information content (AvgIpc) is 3.10. The molecule has 1 aliphatic rings. The Kier molecular flexibility index (Phi) is 3.97. The van der Waals surface area contributed by atoms with E-state index in [0.717, 1.165) is 25.7 Å².